The van der Waals surface area contributed by atoms with Crippen LogP contribution in [0.3, 0.4) is 0 Å². The molecule has 0 N–H and O–H groups in total. The van der Waals surface area contributed by atoms with Crippen LogP contribution in [0.5, 0.6) is 0 Å². The molecule has 0 unspecified atom stereocenters. The van der Waals surface area contributed by atoms with Crippen molar-refractivity contribution in [1.82, 2.24) is 0 Å². The van der Waals surface area contributed by atoms with Crippen molar-refractivity contribution in [2.24, 2.45) is 0 Å². The first-order valence-electron chi connectivity index (χ1n) is 21.9. The van der Waals surface area contributed by atoms with E-state index in [2.05, 4.69) is 39.8 Å². The molecule has 0 amide bonds. The third kappa shape index (κ3) is 18.5. The second-order valence-corrected chi connectivity index (χ2v) is 18.5. The summed E-state index contributed by atoms with van der Waals surface area (Å²) in [5.41, 5.74) is 4.53. The third-order valence-electron chi connectivity index (χ3n) is 11.0. The molecule has 4 aromatic rings. The molecular weight excluding hydrogens is 874 g/mol. The minimum absolute atomic E-state index is 0. The molecule has 0 saturated carbocycles. The molecule has 0 aromatic heterocycles. The van der Waals surface area contributed by atoms with Crippen molar-refractivity contribution in [3.05, 3.63) is 82.9 Å². The normalized spacial score (nSPS) is 11.8. The maximum Gasteiger partial charge on any atom is 2.00 e. The standard InChI is InChI=1S/2C24H36O3S.Ba/c2*1-3-5-7-9-11-13-20-15-17-22-21(14-12-10-8-6-4-2)16-18-24(23(22)19-20)28(25,26)27;/h2*15-19H,3-14H2,1-2H3,(H,25,26,27);/q;;+2/p-2. The van der Waals surface area contributed by atoms with Crippen LogP contribution >= 0.6 is 0 Å². The van der Waals surface area contributed by atoms with Crippen molar-refractivity contribution in [3.8, 4) is 0 Å². The van der Waals surface area contributed by atoms with E-state index in [1.54, 1.807) is 0 Å². The van der Waals surface area contributed by atoms with E-state index in [4.69, 9.17) is 0 Å². The average molecular weight is 945 g/mol. The van der Waals surface area contributed by atoms with Gasteiger partial charge >= 0.3 is 48.9 Å². The summed E-state index contributed by atoms with van der Waals surface area (Å²) in [5, 5.41) is 3.04. The zero-order chi connectivity index (χ0) is 40.8. The molecule has 6 nitrogen and oxygen atoms in total. The number of rotatable bonds is 26. The van der Waals surface area contributed by atoms with Crippen LogP contribution in [0.15, 0.2) is 70.5 Å². The molecule has 0 radical (unpaired) electrons. The summed E-state index contributed by atoms with van der Waals surface area (Å²) >= 11 is 0. The Morgan fingerprint density at radius 2 is 0.667 bits per heavy atom. The Hall–Kier alpha value is -1.21. The summed E-state index contributed by atoms with van der Waals surface area (Å²) in [4.78, 5) is -0.157. The van der Waals surface area contributed by atoms with Gasteiger partial charge in [0, 0.05) is 0 Å². The van der Waals surface area contributed by atoms with E-state index in [0.717, 1.165) is 84.4 Å². The van der Waals surface area contributed by atoms with Gasteiger partial charge < -0.3 is 9.11 Å². The molecule has 0 spiro atoms. The van der Waals surface area contributed by atoms with Crippen LogP contribution in [0.4, 0.5) is 0 Å². The summed E-state index contributed by atoms with van der Waals surface area (Å²) in [6.07, 6.45) is 27.8. The maximum atomic E-state index is 11.8. The summed E-state index contributed by atoms with van der Waals surface area (Å²) < 4.78 is 70.7. The monoisotopic (exact) mass is 944 g/mol. The topological polar surface area (TPSA) is 114 Å². The quantitative estimate of drug-likeness (QED) is 0.0352. The Morgan fingerprint density at radius 1 is 0.368 bits per heavy atom. The van der Waals surface area contributed by atoms with E-state index in [1.807, 2.05) is 36.4 Å². The average Bonchev–Trinajstić information content (AvgIpc) is 3.16. The van der Waals surface area contributed by atoms with Gasteiger partial charge in [0.2, 0.25) is 0 Å². The summed E-state index contributed by atoms with van der Waals surface area (Å²) in [6, 6.07) is 18.8. The fourth-order valence-corrected chi connectivity index (χ4v) is 9.09. The Morgan fingerprint density at radius 3 is 0.965 bits per heavy atom. The van der Waals surface area contributed by atoms with Crippen LogP contribution in [0.25, 0.3) is 21.5 Å². The van der Waals surface area contributed by atoms with E-state index in [1.165, 1.54) is 115 Å². The zero-order valence-electron chi connectivity index (χ0n) is 35.7. The van der Waals surface area contributed by atoms with Crippen LogP contribution in [-0.2, 0) is 45.9 Å². The number of hydrogen-bond donors (Lipinski definition) is 0. The molecule has 0 aliphatic carbocycles. The van der Waals surface area contributed by atoms with Crippen molar-refractivity contribution in [2.45, 2.75) is 192 Å². The maximum absolute atomic E-state index is 11.8. The fraction of sp³-hybridized carbons (Fsp3) is 0.583. The smallest absolute Gasteiger partial charge is 0.744 e. The van der Waals surface area contributed by atoms with Gasteiger partial charge in [-0.15, -0.1) is 0 Å². The molecular formula is C48H70BaO6S2. The first-order chi connectivity index (χ1) is 26.9. The van der Waals surface area contributed by atoms with Gasteiger partial charge in [0.05, 0.1) is 9.79 Å². The van der Waals surface area contributed by atoms with Crippen LogP contribution in [0.2, 0.25) is 0 Å². The predicted octanol–water partition coefficient (Wildman–Crippen LogP) is 13.2. The van der Waals surface area contributed by atoms with Crippen LogP contribution < -0.4 is 0 Å². The Balaban J connectivity index is 0.000000387. The molecule has 9 heteroatoms. The van der Waals surface area contributed by atoms with Crippen molar-refractivity contribution >= 4 is 90.7 Å². The van der Waals surface area contributed by atoms with Gasteiger partial charge in [-0.05, 0) is 119 Å². The van der Waals surface area contributed by atoms with Crippen LogP contribution in [0, 0.1) is 0 Å². The van der Waals surface area contributed by atoms with E-state index in [-0.39, 0.29) is 58.7 Å². The van der Waals surface area contributed by atoms with Gasteiger partial charge in [-0.3, -0.25) is 0 Å². The third-order valence-corrected chi connectivity index (χ3v) is 12.8. The summed E-state index contributed by atoms with van der Waals surface area (Å²) in [5.74, 6) is 0. The molecule has 0 aliphatic heterocycles. The van der Waals surface area contributed by atoms with Crippen molar-refractivity contribution in [3.63, 3.8) is 0 Å². The number of unbranched alkanes of at least 4 members (excludes halogenated alkanes) is 16. The number of aryl methyl sites for hydroxylation is 4. The predicted molar refractivity (Wildman–Crippen MR) is 239 cm³/mol. The largest absolute Gasteiger partial charge is 2.00 e. The SMILES string of the molecule is CCCCCCCc1ccc2c(CCCCCCC)ccc(S(=O)(=O)[O-])c2c1.CCCCCCCc1ccc2c(CCCCCCC)ccc(S(=O)(=O)[O-])c2c1.[Ba+2]. The zero-order valence-corrected chi connectivity index (χ0v) is 41.8. The van der Waals surface area contributed by atoms with E-state index >= 15 is 0 Å². The minimum atomic E-state index is -4.48. The molecule has 0 atom stereocenters. The van der Waals surface area contributed by atoms with Crippen LogP contribution in [0.1, 0.15) is 178 Å². The molecule has 4 rings (SSSR count). The molecule has 0 heterocycles. The van der Waals surface area contributed by atoms with E-state index < -0.39 is 20.2 Å². The van der Waals surface area contributed by atoms with Gasteiger partial charge in [0.1, 0.15) is 20.2 Å². The van der Waals surface area contributed by atoms with Crippen molar-refractivity contribution in [2.75, 3.05) is 0 Å². The van der Waals surface area contributed by atoms with E-state index in [0.29, 0.717) is 10.8 Å². The van der Waals surface area contributed by atoms with Gasteiger partial charge in [0.25, 0.3) is 0 Å². The van der Waals surface area contributed by atoms with Gasteiger partial charge in [-0.1, -0.05) is 167 Å². The second-order valence-electron chi connectivity index (χ2n) is 15.8. The summed E-state index contributed by atoms with van der Waals surface area (Å²) in [7, 11) is -8.96. The molecule has 57 heavy (non-hydrogen) atoms. The number of fused-ring (bicyclic) bond motifs is 2. The molecule has 0 fully saturated rings. The number of benzene rings is 4. The Labute approximate surface area is 387 Å². The summed E-state index contributed by atoms with van der Waals surface area (Å²) in [6.45, 7) is 8.82. The van der Waals surface area contributed by atoms with Gasteiger partial charge in [-0.25, -0.2) is 16.8 Å². The number of hydrogen-bond acceptors (Lipinski definition) is 6. The van der Waals surface area contributed by atoms with Crippen molar-refractivity contribution in [1.29, 1.82) is 0 Å². The molecule has 0 saturated heterocycles. The van der Waals surface area contributed by atoms with Crippen molar-refractivity contribution < 1.29 is 25.9 Å². The first-order valence-corrected chi connectivity index (χ1v) is 24.8. The van der Waals surface area contributed by atoms with Crippen LogP contribution in [-0.4, -0.2) is 74.8 Å². The minimum Gasteiger partial charge on any atom is -0.744 e. The Kier molecular flexibility index (Phi) is 25.8. The van der Waals surface area contributed by atoms with E-state index in [9.17, 15) is 25.9 Å². The Bertz CT molecular complexity index is 1830. The van der Waals surface area contributed by atoms with Gasteiger partial charge in [-0.2, -0.15) is 0 Å². The molecule has 0 aliphatic rings. The fourth-order valence-electron chi connectivity index (χ4n) is 7.75. The van der Waals surface area contributed by atoms with Gasteiger partial charge in [0.15, 0.2) is 0 Å². The second kappa shape index (κ2) is 28.3. The molecule has 312 valence electrons. The first kappa shape index (κ1) is 51.9. The molecule has 4 aromatic carbocycles. The molecule has 0 bridgehead atoms.